The Labute approximate surface area is 100 Å². The summed E-state index contributed by atoms with van der Waals surface area (Å²) in [4.78, 5) is 18.1. The highest BCUT2D eigenvalue weighted by Crippen LogP contribution is 2.18. The van der Waals surface area contributed by atoms with Crippen LogP contribution in [0.5, 0.6) is 0 Å². The van der Waals surface area contributed by atoms with Gasteiger partial charge in [0.05, 0.1) is 18.1 Å². The number of fused-ring (bicyclic) bond motifs is 1. The van der Waals surface area contributed by atoms with E-state index in [0.29, 0.717) is 11.4 Å². The van der Waals surface area contributed by atoms with Gasteiger partial charge in [0.25, 0.3) is 5.91 Å². The van der Waals surface area contributed by atoms with Crippen molar-refractivity contribution >= 4 is 27.9 Å². The molecule has 3 rings (SSSR count). The fourth-order valence-corrected chi connectivity index (χ4v) is 2.38. The minimum atomic E-state index is -0.197. The second-order valence-corrected chi connectivity index (χ2v) is 4.79. The third kappa shape index (κ3) is 1.70. The molecule has 0 bridgehead atoms. The molecule has 0 spiro atoms. The number of carbonyl (C=O) groups excluding carboxylic acids is 1. The number of H-pyrrole nitrogens is 1. The van der Waals surface area contributed by atoms with Crippen LogP contribution in [0.25, 0.3) is 4.96 Å². The molecule has 2 N–H and O–H groups in total. The number of hydrogen-bond donors (Lipinski definition) is 2. The maximum Gasteiger partial charge on any atom is 0.274 e. The number of hydrogen-bond acceptors (Lipinski definition) is 4. The lowest BCUT2D eigenvalue weighted by atomic mass is 10.4. The molecule has 0 aliphatic heterocycles. The third-order valence-electron chi connectivity index (χ3n) is 2.31. The first-order valence-corrected chi connectivity index (χ1v) is 5.79. The quantitative estimate of drug-likeness (QED) is 0.723. The molecule has 0 radical (unpaired) electrons. The van der Waals surface area contributed by atoms with Crippen LogP contribution in [0.15, 0.2) is 24.8 Å². The lowest BCUT2D eigenvalue weighted by Crippen LogP contribution is -2.13. The number of amides is 1. The Morgan fingerprint density at radius 1 is 1.53 bits per heavy atom. The molecule has 17 heavy (non-hydrogen) atoms. The van der Waals surface area contributed by atoms with E-state index in [2.05, 4.69) is 20.5 Å². The van der Waals surface area contributed by atoms with Gasteiger partial charge in [-0.25, -0.2) is 4.98 Å². The van der Waals surface area contributed by atoms with E-state index in [4.69, 9.17) is 0 Å². The molecule has 0 unspecified atom stereocenters. The van der Waals surface area contributed by atoms with Crippen molar-refractivity contribution in [2.45, 2.75) is 6.92 Å². The van der Waals surface area contributed by atoms with Crippen LogP contribution in [0.1, 0.15) is 15.4 Å². The van der Waals surface area contributed by atoms with Crippen molar-refractivity contribution in [2.75, 3.05) is 5.32 Å². The summed E-state index contributed by atoms with van der Waals surface area (Å²) in [6.45, 7) is 1.98. The molecule has 0 aromatic carbocycles. The Morgan fingerprint density at radius 3 is 3.18 bits per heavy atom. The highest BCUT2D eigenvalue weighted by molar-refractivity contribution is 7.17. The molecule has 0 aliphatic carbocycles. The lowest BCUT2D eigenvalue weighted by molar-refractivity contribution is 0.102. The monoisotopic (exact) mass is 247 g/mol. The highest BCUT2D eigenvalue weighted by Gasteiger charge is 2.14. The topological polar surface area (TPSA) is 75.1 Å². The fourth-order valence-electron chi connectivity index (χ4n) is 1.58. The van der Waals surface area contributed by atoms with Crippen LogP contribution >= 0.6 is 11.3 Å². The second kappa shape index (κ2) is 3.70. The van der Waals surface area contributed by atoms with Crippen molar-refractivity contribution < 1.29 is 4.79 Å². The normalized spacial score (nSPS) is 10.9. The Morgan fingerprint density at radius 2 is 2.41 bits per heavy atom. The second-order valence-electron chi connectivity index (χ2n) is 3.58. The maximum absolute atomic E-state index is 12.0. The van der Waals surface area contributed by atoms with Crippen LogP contribution in [0.3, 0.4) is 0 Å². The summed E-state index contributed by atoms with van der Waals surface area (Å²) in [5.74, 6) is -0.197. The van der Waals surface area contributed by atoms with Crippen LogP contribution in [0.2, 0.25) is 0 Å². The van der Waals surface area contributed by atoms with Gasteiger partial charge in [-0.2, -0.15) is 5.10 Å². The number of anilines is 1. The smallest absolute Gasteiger partial charge is 0.274 e. The van der Waals surface area contributed by atoms with Gasteiger partial charge in [0.15, 0.2) is 4.96 Å². The number of aryl methyl sites for hydroxylation is 1. The zero-order chi connectivity index (χ0) is 11.8. The van der Waals surface area contributed by atoms with Gasteiger partial charge in [0.2, 0.25) is 0 Å². The summed E-state index contributed by atoms with van der Waals surface area (Å²) in [5.41, 5.74) is 1.16. The molecule has 0 aliphatic rings. The third-order valence-corrected chi connectivity index (χ3v) is 3.23. The van der Waals surface area contributed by atoms with Crippen molar-refractivity contribution in [3.05, 3.63) is 35.4 Å². The van der Waals surface area contributed by atoms with Gasteiger partial charge in [0, 0.05) is 17.3 Å². The van der Waals surface area contributed by atoms with Crippen molar-refractivity contribution in [2.24, 2.45) is 0 Å². The van der Waals surface area contributed by atoms with Gasteiger partial charge in [-0.1, -0.05) is 0 Å². The summed E-state index contributed by atoms with van der Waals surface area (Å²) in [6.07, 6.45) is 6.64. The number of rotatable bonds is 2. The molecule has 7 heteroatoms. The van der Waals surface area contributed by atoms with E-state index in [1.807, 2.05) is 13.1 Å². The Bertz CT molecular complexity index is 666. The van der Waals surface area contributed by atoms with Gasteiger partial charge in [0.1, 0.15) is 5.69 Å². The molecule has 3 heterocycles. The summed E-state index contributed by atoms with van der Waals surface area (Å²) < 4.78 is 1.79. The van der Waals surface area contributed by atoms with Crippen LogP contribution < -0.4 is 5.32 Å². The van der Waals surface area contributed by atoms with Crippen LogP contribution in [-0.2, 0) is 0 Å². The number of thiazole rings is 1. The van der Waals surface area contributed by atoms with Crippen molar-refractivity contribution in [3.8, 4) is 0 Å². The van der Waals surface area contributed by atoms with Crippen molar-refractivity contribution in [1.29, 1.82) is 0 Å². The number of aromatic amines is 1. The lowest BCUT2D eigenvalue weighted by Gasteiger charge is -1.99. The first kappa shape index (κ1) is 10.0. The number of aromatic nitrogens is 4. The molecule has 0 saturated carbocycles. The van der Waals surface area contributed by atoms with Gasteiger partial charge in [-0.15, -0.1) is 11.3 Å². The Hall–Kier alpha value is -2.15. The SMILES string of the molecule is Cc1cn2c(C(=O)Nc3cn[nH]c3)cnc2s1. The predicted octanol–water partition coefficient (Wildman–Crippen LogP) is 1.68. The van der Waals surface area contributed by atoms with Gasteiger partial charge in [-0.3, -0.25) is 14.3 Å². The first-order valence-electron chi connectivity index (χ1n) is 4.97. The zero-order valence-electron chi connectivity index (χ0n) is 8.97. The number of nitrogens with zero attached hydrogens (tertiary/aromatic N) is 3. The average molecular weight is 247 g/mol. The molecular formula is C10H9N5OS. The Kier molecular flexibility index (Phi) is 2.19. The van der Waals surface area contributed by atoms with Crippen molar-refractivity contribution in [3.63, 3.8) is 0 Å². The van der Waals surface area contributed by atoms with E-state index < -0.39 is 0 Å². The van der Waals surface area contributed by atoms with E-state index in [0.717, 1.165) is 9.84 Å². The molecule has 0 fully saturated rings. The molecule has 3 aromatic rings. The van der Waals surface area contributed by atoms with Crippen LogP contribution in [-0.4, -0.2) is 25.5 Å². The zero-order valence-corrected chi connectivity index (χ0v) is 9.78. The molecular weight excluding hydrogens is 238 g/mol. The molecule has 1 amide bonds. The first-order chi connectivity index (χ1) is 8.24. The largest absolute Gasteiger partial charge is 0.318 e. The van der Waals surface area contributed by atoms with Crippen LogP contribution in [0, 0.1) is 6.92 Å². The van der Waals surface area contributed by atoms with E-state index in [1.54, 1.807) is 34.3 Å². The average Bonchev–Trinajstić information content (AvgIpc) is 2.93. The van der Waals surface area contributed by atoms with E-state index in [9.17, 15) is 4.79 Å². The summed E-state index contributed by atoms with van der Waals surface area (Å²) in [6, 6.07) is 0. The van der Waals surface area contributed by atoms with Gasteiger partial charge < -0.3 is 5.32 Å². The van der Waals surface area contributed by atoms with Crippen LogP contribution in [0.4, 0.5) is 5.69 Å². The minimum Gasteiger partial charge on any atom is -0.318 e. The van der Waals surface area contributed by atoms with E-state index in [-0.39, 0.29) is 5.91 Å². The molecule has 6 nitrogen and oxygen atoms in total. The van der Waals surface area contributed by atoms with E-state index in [1.165, 1.54) is 0 Å². The fraction of sp³-hybridized carbons (Fsp3) is 0.100. The molecule has 3 aromatic heterocycles. The number of carbonyl (C=O) groups is 1. The van der Waals surface area contributed by atoms with Gasteiger partial charge in [-0.05, 0) is 6.92 Å². The standard InChI is InChI=1S/C10H9N5OS/c1-6-5-15-8(4-11-10(15)17-6)9(16)14-7-2-12-13-3-7/h2-5H,1H3,(H,12,13)(H,14,16). The van der Waals surface area contributed by atoms with Crippen molar-refractivity contribution in [1.82, 2.24) is 19.6 Å². The number of nitrogens with one attached hydrogen (secondary N) is 2. The minimum absolute atomic E-state index is 0.197. The highest BCUT2D eigenvalue weighted by atomic mass is 32.1. The van der Waals surface area contributed by atoms with Gasteiger partial charge >= 0.3 is 0 Å². The Balaban J connectivity index is 1.95. The summed E-state index contributed by atoms with van der Waals surface area (Å²) in [5, 5.41) is 9.14. The maximum atomic E-state index is 12.0. The molecule has 0 atom stereocenters. The summed E-state index contributed by atoms with van der Waals surface area (Å²) in [7, 11) is 0. The molecule has 0 saturated heterocycles. The summed E-state index contributed by atoms with van der Waals surface area (Å²) >= 11 is 1.55. The van der Waals surface area contributed by atoms with E-state index >= 15 is 0 Å². The number of imidazole rings is 1. The molecule has 86 valence electrons. The predicted molar refractivity (Wildman–Crippen MR) is 64.3 cm³/mol.